The van der Waals surface area contributed by atoms with Gasteiger partial charge in [0.25, 0.3) is 0 Å². The number of piperazine rings is 1. The molecular weight excluding hydrogens is 527 g/mol. The van der Waals surface area contributed by atoms with E-state index in [4.69, 9.17) is 14.2 Å². The lowest BCUT2D eigenvalue weighted by Gasteiger charge is -2.35. The van der Waals surface area contributed by atoms with Crippen LogP contribution >= 0.6 is 24.0 Å². The molecule has 1 saturated heterocycles. The summed E-state index contributed by atoms with van der Waals surface area (Å²) in [6, 6.07) is 3.82. The highest BCUT2D eigenvalue weighted by molar-refractivity contribution is 14.0. The Morgan fingerprint density at radius 3 is 2.47 bits per heavy atom. The molecule has 2 aromatic rings. The van der Waals surface area contributed by atoms with E-state index in [0.717, 1.165) is 11.3 Å². The Kier molecular flexibility index (Phi) is 9.42. The largest absolute Gasteiger partial charge is 0.493 e. The smallest absolute Gasteiger partial charge is 0.246 e. The number of methoxy groups -OCH3 is 3. The third-order valence-electron chi connectivity index (χ3n) is 5.20. The van der Waals surface area contributed by atoms with Crippen molar-refractivity contribution >= 4 is 41.5 Å². The second kappa shape index (κ2) is 11.8. The highest BCUT2D eigenvalue weighted by Crippen LogP contribution is 2.39. The molecule has 2 heterocycles. The number of nitrogens with one attached hydrogen (secondary N) is 1. The molecule has 3 rings (SSSR count). The maximum absolute atomic E-state index is 12.7. The molecule has 1 fully saturated rings. The standard InChI is InChI=1S/C21H30N6O4.HI/c1-22-21(26-10-11-27(18(28)14-26)16-12-24-25(2)13-16)23-9-8-15-6-7-17(29-3)20(31-5)19(15)30-4;/h6-7,12-13H,8-11,14H2,1-5H3,(H,22,23);1H. The first-order valence-electron chi connectivity index (χ1n) is 10.0. The van der Waals surface area contributed by atoms with E-state index >= 15 is 0 Å². The number of carbonyl (C=O) groups is 1. The molecule has 11 heteroatoms. The first-order valence-corrected chi connectivity index (χ1v) is 10.0. The fourth-order valence-electron chi connectivity index (χ4n) is 3.68. The Hall–Kier alpha value is -2.70. The van der Waals surface area contributed by atoms with Crippen molar-refractivity contribution in [3.63, 3.8) is 0 Å². The summed E-state index contributed by atoms with van der Waals surface area (Å²) in [6.07, 6.45) is 4.24. The summed E-state index contributed by atoms with van der Waals surface area (Å²) in [7, 11) is 8.35. The van der Waals surface area contributed by atoms with Gasteiger partial charge in [0.15, 0.2) is 17.5 Å². The summed E-state index contributed by atoms with van der Waals surface area (Å²) in [5, 5.41) is 7.49. The predicted molar refractivity (Wildman–Crippen MR) is 134 cm³/mol. The predicted octanol–water partition coefficient (Wildman–Crippen LogP) is 1.53. The summed E-state index contributed by atoms with van der Waals surface area (Å²) in [6.45, 7) is 2.14. The molecule has 0 saturated carbocycles. The normalized spacial score (nSPS) is 14.2. The maximum Gasteiger partial charge on any atom is 0.246 e. The van der Waals surface area contributed by atoms with Gasteiger partial charge in [-0.25, -0.2) is 0 Å². The Morgan fingerprint density at radius 2 is 1.91 bits per heavy atom. The lowest BCUT2D eigenvalue weighted by atomic mass is 10.1. The minimum absolute atomic E-state index is 0. The van der Waals surface area contributed by atoms with Gasteiger partial charge in [0.2, 0.25) is 11.7 Å². The first-order chi connectivity index (χ1) is 15.0. The zero-order valence-electron chi connectivity index (χ0n) is 19.1. The SMILES string of the molecule is CN=C(NCCc1ccc(OC)c(OC)c1OC)N1CCN(c2cnn(C)c2)C(=O)C1.I. The van der Waals surface area contributed by atoms with Gasteiger partial charge in [0.1, 0.15) is 6.54 Å². The Bertz CT molecular complexity index is 948. The highest BCUT2D eigenvalue weighted by atomic mass is 127. The van der Waals surface area contributed by atoms with E-state index < -0.39 is 0 Å². The van der Waals surface area contributed by atoms with Crippen LogP contribution in [0.5, 0.6) is 17.2 Å². The van der Waals surface area contributed by atoms with Gasteiger partial charge in [-0.3, -0.25) is 14.5 Å². The lowest BCUT2D eigenvalue weighted by Crippen LogP contribution is -2.55. The minimum Gasteiger partial charge on any atom is -0.493 e. The molecule has 1 aliphatic rings. The number of halogens is 1. The molecule has 0 atom stereocenters. The minimum atomic E-state index is 0. The van der Waals surface area contributed by atoms with Crippen LogP contribution in [-0.4, -0.2) is 81.1 Å². The van der Waals surface area contributed by atoms with Crippen molar-refractivity contribution in [3.05, 3.63) is 30.1 Å². The molecule has 0 radical (unpaired) electrons. The zero-order valence-corrected chi connectivity index (χ0v) is 21.5. The molecule has 32 heavy (non-hydrogen) atoms. The van der Waals surface area contributed by atoms with Crippen molar-refractivity contribution in [2.24, 2.45) is 12.0 Å². The number of rotatable bonds is 7. The number of anilines is 1. The number of carbonyl (C=O) groups excluding carboxylic acids is 1. The molecule has 1 amide bonds. The van der Waals surface area contributed by atoms with E-state index in [9.17, 15) is 4.79 Å². The molecule has 0 unspecified atom stereocenters. The van der Waals surface area contributed by atoms with Crippen LogP contribution in [0.4, 0.5) is 5.69 Å². The Balaban J connectivity index is 0.00000363. The number of benzene rings is 1. The Labute approximate surface area is 205 Å². The van der Waals surface area contributed by atoms with E-state index in [1.165, 1.54) is 0 Å². The van der Waals surface area contributed by atoms with Crippen LogP contribution in [0.15, 0.2) is 29.5 Å². The Morgan fingerprint density at radius 1 is 1.16 bits per heavy atom. The second-order valence-electron chi connectivity index (χ2n) is 7.06. The van der Waals surface area contributed by atoms with Crippen LogP contribution in [0, 0.1) is 0 Å². The number of ether oxygens (including phenoxy) is 3. The van der Waals surface area contributed by atoms with Crippen molar-refractivity contribution < 1.29 is 19.0 Å². The van der Waals surface area contributed by atoms with Gasteiger partial charge in [-0.05, 0) is 12.5 Å². The zero-order chi connectivity index (χ0) is 22.4. The van der Waals surface area contributed by atoms with Crippen molar-refractivity contribution in [1.29, 1.82) is 0 Å². The first kappa shape index (κ1) is 25.6. The number of guanidine groups is 1. The van der Waals surface area contributed by atoms with Gasteiger partial charge in [-0.1, -0.05) is 6.07 Å². The highest BCUT2D eigenvalue weighted by Gasteiger charge is 2.27. The molecular formula is C21H31IN6O4. The number of nitrogens with zero attached hydrogens (tertiary/aromatic N) is 5. The number of aliphatic imine (C=N–C) groups is 1. The monoisotopic (exact) mass is 558 g/mol. The van der Waals surface area contributed by atoms with Crippen LogP contribution in [0.2, 0.25) is 0 Å². The van der Waals surface area contributed by atoms with Crippen LogP contribution in [-0.2, 0) is 18.3 Å². The number of amides is 1. The summed E-state index contributed by atoms with van der Waals surface area (Å²) in [5.41, 5.74) is 1.80. The van der Waals surface area contributed by atoms with Crippen molar-refractivity contribution in [2.75, 3.05) is 59.5 Å². The quantitative estimate of drug-likeness (QED) is 0.313. The van der Waals surface area contributed by atoms with Crippen molar-refractivity contribution in [1.82, 2.24) is 20.0 Å². The number of hydrogen-bond donors (Lipinski definition) is 1. The second-order valence-corrected chi connectivity index (χ2v) is 7.06. The van der Waals surface area contributed by atoms with Gasteiger partial charge >= 0.3 is 0 Å². The van der Waals surface area contributed by atoms with Crippen LogP contribution in [0.25, 0.3) is 0 Å². The molecule has 176 valence electrons. The van der Waals surface area contributed by atoms with Crippen molar-refractivity contribution in [2.45, 2.75) is 6.42 Å². The van der Waals surface area contributed by atoms with Crippen LogP contribution in [0.1, 0.15) is 5.56 Å². The average molecular weight is 558 g/mol. The van der Waals surface area contributed by atoms with Crippen LogP contribution in [0.3, 0.4) is 0 Å². The van der Waals surface area contributed by atoms with E-state index in [0.29, 0.717) is 49.3 Å². The van der Waals surface area contributed by atoms with Gasteiger partial charge in [0, 0.05) is 45.5 Å². The van der Waals surface area contributed by atoms with Gasteiger partial charge < -0.3 is 29.3 Å². The molecule has 1 N–H and O–H groups in total. The van der Waals surface area contributed by atoms with Crippen molar-refractivity contribution in [3.8, 4) is 17.2 Å². The lowest BCUT2D eigenvalue weighted by molar-refractivity contribution is -0.120. The van der Waals surface area contributed by atoms with Gasteiger partial charge in [-0.15, -0.1) is 24.0 Å². The summed E-state index contributed by atoms with van der Waals surface area (Å²) < 4.78 is 18.0. The van der Waals surface area contributed by atoms with E-state index in [1.54, 1.807) is 44.2 Å². The molecule has 1 aromatic heterocycles. The summed E-state index contributed by atoms with van der Waals surface area (Å²) in [4.78, 5) is 20.7. The summed E-state index contributed by atoms with van der Waals surface area (Å²) in [5.74, 6) is 2.56. The topological polar surface area (TPSA) is 93.5 Å². The van der Waals surface area contributed by atoms with Crippen LogP contribution < -0.4 is 24.4 Å². The number of hydrogen-bond acceptors (Lipinski definition) is 6. The molecule has 0 bridgehead atoms. The average Bonchev–Trinajstić information content (AvgIpc) is 3.21. The third kappa shape index (κ3) is 5.56. The molecule has 10 nitrogen and oxygen atoms in total. The third-order valence-corrected chi connectivity index (χ3v) is 5.20. The molecule has 0 aliphatic carbocycles. The fourth-order valence-corrected chi connectivity index (χ4v) is 3.68. The maximum atomic E-state index is 12.7. The molecule has 1 aromatic carbocycles. The van der Waals surface area contributed by atoms with E-state index in [2.05, 4.69) is 15.4 Å². The van der Waals surface area contributed by atoms with Gasteiger partial charge in [0.05, 0.1) is 33.2 Å². The molecule has 0 spiro atoms. The summed E-state index contributed by atoms with van der Waals surface area (Å²) >= 11 is 0. The fraction of sp³-hybridized carbons (Fsp3) is 0.476. The number of aryl methyl sites for hydroxylation is 1. The van der Waals surface area contributed by atoms with Gasteiger partial charge in [-0.2, -0.15) is 5.10 Å². The molecule has 1 aliphatic heterocycles. The van der Waals surface area contributed by atoms with E-state index in [-0.39, 0.29) is 36.4 Å². The van der Waals surface area contributed by atoms with E-state index in [1.807, 2.05) is 30.3 Å². The number of aromatic nitrogens is 2.